The van der Waals surface area contributed by atoms with Gasteiger partial charge in [-0.3, -0.25) is 0 Å². The standard InChI is InChI=1S/C7H8AsNO2/c1-11-7(10)5-2-3-6(8)9-4-5/h2-4H,8H2,1H3. The first-order valence-corrected chi connectivity index (χ1v) is 4.25. The van der Waals surface area contributed by atoms with Crippen LogP contribution in [-0.4, -0.2) is 34.9 Å². The van der Waals surface area contributed by atoms with Crippen molar-refractivity contribution in [3.05, 3.63) is 23.9 Å². The molecule has 0 N–H and O–H groups in total. The second kappa shape index (κ2) is 3.53. The predicted molar refractivity (Wildman–Crippen MR) is 43.8 cm³/mol. The Labute approximate surface area is 73.3 Å². The van der Waals surface area contributed by atoms with Gasteiger partial charge in [0.15, 0.2) is 0 Å². The molecule has 1 aromatic rings. The first kappa shape index (κ1) is 8.28. The second-order valence-electron chi connectivity index (χ2n) is 1.96. The average molecular weight is 213 g/mol. The van der Waals surface area contributed by atoms with Crippen LogP contribution in [0.2, 0.25) is 0 Å². The number of hydrogen-bond donors (Lipinski definition) is 0. The van der Waals surface area contributed by atoms with Gasteiger partial charge in [-0.1, -0.05) is 0 Å². The molecule has 0 spiro atoms. The molecule has 0 fully saturated rings. The van der Waals surface area contributed by atoms with Crippen molar-refractivity contribution < 1.29 is 9.53 Å². The van der Waals surface area contributed by atoms with Crippen LogP contribution in [0.5, 0.6) is 0 Å². The maximum absolute atomic E-state index is 10.9. The summed E-state index contributed by atoms with van der Waals surface area (Å²) in [6.07, 6.45) is 1.52. The van der Waals surface area contributed by atoms with Crippen LogP contribution < -0.4 is 4.48 Å². The summed E-state index contributed by atoms with van der Waals surface area (Å²) in [5, 5.41) is 0. The van der Waals surface area contributed by atoms with Crippen LogP contribution in [0.15, 0.2) is 18.3 Å². The average Bonchev–Trinajstić information content (AvgIpc) is 2.05. The number of ether oxygens (including phenoxy) is 1. The minimum atomic E-state index is -0.343. The molecule has 0 saturated heterocycles. The first-order chi connectivity index (χ1) is 5.24. The zero-order chi connectivity index (χ0) is 8.27. The molecule has 1 heterocycles. The van der Waals surface area contributed by atoms with Gasteiger partial charge in [0.05, 0.1) is 0 Å². The van der Waals surface area contributed by atoms with Crippen LogP contribution in [0.4, 0.5) is 0 Å². The maximum atomic E-state index is 10.9. The van der Waals surface area contributed by atoms with Gasteiger partial charge < -0.3 is 0 Å². The van der Waals surface area contributed by atoms with E-state index in [1.54, 1.807) is 12.1 Å². The van der Waals surface area contributed by atoms with Crippen molar-refractivity contribution in [1.82, 2.24) is 4.98 Å². The van der Waals surface area contributed by atoms with E-state index >= 15 is 0 Å². The number of carbonyl (C=O) groups excluding carboxylic acids is 1. The monoisotopic (exact) mass is 213 g/mol. The molecular formula is C7H8AsNO2. The van der Waals surface area contributed by atoms with Crippen LogP contribution in [0.25, 0.3) is 0 Å². The molecule has 1 aromatic heterocycles. The zero-order valence-electron chi connectivity index (χ0n) is 6.07. The SMILES string of the molecule is COC(=O)c1ccc([AsH2])nc1. The Hall–Kier alpha value is -0.822. The Morgan fingerprint density at radius 1 is 1.64 bits per heavy atom. The van der Waals surface area contributed by atoms with E-state index in [2.05, 4.69) is 9.72 Å². The van der Waals surface area contributed by atoms with Gasteiger partial charge in [-0.25, -0.2) is 0 Å². The van der Waals surface area contributed by atoms with Crippen LogP contribution in [0.3, 0.4) is 0 Å². The topological polar surface area (TPSA) is 39.2 Å². The summed E-state index contributed by atoms with van der Waals surface area (Å²) in [6.45, 7) is 0. The Bertz CT molecular complexity index is 258. The third kappa shape index (κ3) is 2.05. The molecule has 11 heavy (non-hydrogen) atoms. The van der Waals surface area contributed by atoms with Gasteiger partial charge in [-0.05, 0) is 0 Å². The van der Waals surface area contributed by atoms with E-state index in [1.165, 1.54) is 30.2 Å². The van der Waals surface area contributed by atoms with Crippen molar-refractivity contribution >= 4 is 27.3 Å². The van der Waals surface area contributed by atoms with Gasteiger partial charge in [0.1, 0.15) is 0 Å². The minimum absolute atomic E-state index is 0.343. The fourth-order valence-electron chi connectivity index (χ4n) is 0.644. The molecule has 0 bridgehead atoms. The van der Waals surface area contributed by atoms with Crippen molar-refractivity contribution in [2.24, 2.45) is 0 Å². The van der Waals surface area contributed by atoms with Gasteiger partial charge >= 0.3 is 72.8 Å². The Kier molecular flexibility index (Phi) is 2.66. The molecule has 0 aliphatic rings. The zero-order valence-corrected chi connectivity index (χ0v) is 8.50. The van der Waals surface area contributed by atoms with Gasteiger partial charge in [0.2, 0.25) is 0 Å². The van der Waals surface area contributed by atoms with E-state index in [0.29, 0.717) is 5.56 Å². The van der Waals surface area contributed by atoms with E-state index < -0.39 is 0 Å². The normalized spacial score (nSPS) is 9.27. The van der Waals surface area contributed by atoms with E-state index in [9.17, 15) is 4.79 Å². The molecule has 0 aliphatic heterocycles. The molecule has 3 nitrogen and oxygen atoms in total. The number of methoxy groups -OCH3 is 1. The van der Waals surface area contributed by atoms with Gasteiger partial charge in [0, 0.05) is 0 Å². The number of aromatic nitrogens is 1. The van der Waals surface area contributed by atoms with Crippen molar-refractivity contribution in [2.45, 2.75) is 0 Å². The molecule has 0 saturated carbocycles. The molecular weight excluding hydrogens is 205 g/mol. The molecule has 0 aliphatic carbocycles. The van der Waals surface area contributed by atoms with Crippen molar-refractivity contribution in [1.29, 1.82) is 0 Å². The third-order valence-corrected chi connectivity index (χ3v) is 1.92. The number of carbonyl (C=O) groups is 1. The van der Waals surface area contributed by atoms with Crippen molar-refractivity contribution in [3.63, 3.8) is 0 Å². The number of esters is 1. The third-order valence-electron chi connectivity index (χ3n) is 1.21. The summed E-state index contributed by atoms with van der Waals surface area (Å²) in [5.74, 6) is -0.343. The van der Waals surface area contributed by atoms with Gasteiger partial charge in [-0.15, -0.1) is 0 Å². The van der Waals surface area contributed by atoms with E-state index in [-0.39, 0.29) is 5.97 Å². The number of pyridine rings is 1. The number of nitrogens with zero attached hydrogens (tertiary/aromatic N) is 1. The van der Waals surface area contributed by atoms with Crippen LogP contribution in [-0.2, 0) is 4.74 Å². The van der Waals surface area contributed by atoms with E-state index in [1.807, 2.05) is 0 Å². The second-order valence-corrected chi connectivity index (χ2v) is 3.20. The first-order valence-electron chi connectivity index (χ1n) is 3.04. The molecule has 0 radical (unpaired) electrons. The molecule has 0 amide bonds. The molecule has 4 heteroatoms. The van der Waals surface area contributed by atoms with Crippen LogP contribution in [0, 0.1) is 0 Å². The van der Waals surface area contributed by atoms with E-state index in [0.717, 1.165) is 4.48 Å². The quantitative estimate of drug-likeness (QED) is 0.449. The van der Waals surface area contributed by atoms with E-state index in [4.69, 9.17) is 0 Å². The van der Waals surface area contributed by atoms with Crippen molar-refractivity contribution in [2.75, 3.05) is 7.11 Å². The molecule has 1 unspecified atom stereocenters. The van der Waals surface area contributed by atoms with Crippen LogP contribution >= 0.6 is 0 Å². The Balaban J connectivity index is 2.90. The summed E-state index contributed by atoms with van der Waals surface area (Å²) in [5.41, 5.74) is 0.494. The predicted octanol–water partition coefficient (Wildman–Crippen LogP) is -0.873. The molecule has 1 rings (SSSR count). The molecule has 1 atom stereocenters. The van der Waals surface area contributed by atoms with Gasteiger partial charge in [-0.2, -0.15) is 0 Å². The number of hydrogen-bond acceptors (Lipinski definition) is 3. The summed E-state index contributed by atoms with van der Waals surface area (Å²) in [4.78, 5) is 14.8. The molecule has 58 valence electrons. The summed E-state index contributed by atoms with van der Waals surface area (Å²) >= 11 is 1.43. The van der Waals surface area contributed by atoms with Crippen molar-refractivity contribution in [3.8, 4) is 0 Å². The van der Waals surface area contributed by atoms with Crippen LogP contribution in [0.1, 0.15) is 10.4 Å². The summed E-state index contributed by atoms with van der Waals surface area (Å²) < 4.78 is 5.45. The summed E-state index contributed by atoms with van der Waals surface area (Å²) in [6, 6.07) is 3.50. The Morgan fingerprint density at radius 3 is 2.82 bits per heavy atom. The number of rotatable bonds is 1. The fraction of sp³-hybridized carbons (Fsp3) is 0.143. The molecule has 0 aromatic carbocycles. The summed E-state index contributed by atoms with van der Waals surface area (Å²) in [7, 11) is 1.35. The fourth-order valence-corrected chi connectivity index (χ4v) is 1.00. The Morgan fingerprint density at radius 2 is 2.36 bits per heavy atom. The van der Waals surface area contributed by atoms with Gasteiger partial charge in [0.25, 0.3) is 0 Å².